The lowest BCUT2D eigenvalue weighted by molar-refractivity contribution is -0.141. The van der Waals surface area contributed by atoms with E-state index in [4.69, 9.17) is 23.2 Å². The summed E-state index contributed by atoms with van der Waals surface area (Å²) in [7, 11) is 0. The van der Waals surface area contributed by atoms with Crippen molar-refractivity contribution < 1.29 is 9.53 Å². The van der Waals surface area contributed by atoms with Crippen molar-refractivity contribution in [3.05, 3.63) is 11.6 Å². The predicted molar refractivity (Wildman–Crippen MR) is 36.4 cm³/mol. The van der Waals surface area contributed by atoms with E-state index in [0.29, 0.717) is 0 Å². The van der Waals surface area contributed by atoms with Crippen molar-refractivity contribution >= 4 is 29.2 Å². The van der Waals surface area contributed by atoms with Crippen molar-refractivity contribution in [1.82, 2.24) is 0 Å². The highest BCUT2D eigenvalue weighted by Gasteiger charge is 2.00. The molecule has 0 rings (SSSR count). The Balaban J connectivity index is 3.50. The third-order valence-electron chi connectivity index (χ3n) is 0.503. The zero-order valence-corrected chi connectivity index (χ0v) is 6.32. The second kappa shape index (κ2) is 4.65. The normalized spacial score (nSPS) is 13.7. The molecule has 0 bridgehead atoms. The van der Waals surface area contributed by atoms with Crippen molar-refractivity contribution in [3.63, 3.8) is 0 Å². The summed E-state index contributed by atoms with van der Waals surface area (Å²) in [4.78, 5) is 10.1. The van der Waals surface area contributed by atoms with E-state index >= 15 is 0 Å². The maximum absolute atomic E-state index is 10.1. The van der Waals surface area contributed by atoms with Crippen LogP contribution < -0.4 is 0 Å². The van der Waals surface area contributed by atoms with Crippen LogP contribution in [-0.4, -0.2) is 11.5 Å². The van der Waals surface area contributed by atoms with Crippen molar-refractivity contribution in [2.24, 2.45) is 0 Å². The van der Waals surface area contributed by atoms with Crippen LogP contribution in [0.1, 0.15) is 6.92 Å². The molecule has 0 N–H and O–H groups in total. The molecule has 0 aliphatic rings. The molecule has 1 atom stereocenters. The lowest BCUT2D eigenvalue weighted by Crippen LogP contribution is -2.05. The summed E-state index contributed by atoms with van der Waals surface area (Å²) in [6.07, 6.45) is 1.35. The number of halogens is 2. The quantitative estimate of drug-likeness (QED) is 0.465. The molecular weight excluding hydrogens is 163 g/mol. The highest BCUT2D eigenvalue weighted by Crippen LogP contribution is 2.00. The van der Waals surface area contributed by atoms with E-state index in [1.165, 1.54) is 18.5 Å². The molecule has 0 aromatic rings. The Labute approximate surface area is 63.4 Å². The van der Waals surface area contributed by atoms with E-state index in [1.54, 1.807) is 0 Å². The van der Waals surface area contributed by atoms with Crippen LogP contribution in [0.4, 0.5) is 0 Å². The van der Waals surface area contributed by atoms with Crippen molar-refractivity contribution in [2.45, 2.75) is 12.5 Å². The molecule has 2 nitrogen and oxygen atoms in total. The second-order valence-electron chi connectivity index (χ2n) is 1.28. The first-order valence-electron chi connectivity index (χ1n) is 2.25. The van der Waals surface area contributed by atoms with Gasteiger partial charge in [0, 0.05) is 12.5 Å². The van der Waals surface area contributed by atoms with E-state index in [1.807, 2.05) is 0 Å². The summed E-state index contributed by atoms with van der Waals surface area (Å²) in [6, 6.07) is 0. The number of rotatable bonds is 2. The van der Waals surface area contributed by atoms with E-state index in [-0.39, 0.29) is 0 Å². The summed E-state index contributed by atoms with van der Waals surface area (Å²) in [5, 5.41) is 0. The molecule has 0 aliphatic heterocycles. The van der Waals surface area contributed by atoms with Crippen LogP contribution in [0, 0.1) is 0 Å². The molecule has 0 amide bonds. The summed E-state index contributed by atoms with van der Waals surface area (Å²) in [6.45, 7) is 1.28. The third kappa shape index (κ3) is 5.66. The van der Waals surface area contributed by atoms with Crippen LogP contribution >= 0.6 is 23.2 Å². The summed E-state index contributed by atoms with van der Waals surface area (Å²) in [5.74, 6) is -0.426. The van der Waals surface area contributed by atoms with Crippen LogP contribution in [0.25, 0.3) is 0 Å². The topological polar surface area (TPSA) is 26.3 Å². The smallest absolute Gasteiger partial charge is 0.304 e. The molecule has 0 fully saturated rings. The zero-order valence-electron chi connectivity index (χ0n) is 4.80. The molecule has 0 aromatic heterocycles. The molecule has 52 valence electrons. The van der Waals surface area contributed by atoms with Crippen molar-refractivity contribution in [3.8, 4) is 0 Å². The van der Waals surface area contributed by atoms with E-state index in [0.717, 1.165) is 0 Å². The largest absolute Gasteiger partial charge is 0.442 e. The van der Waals surface area contributed by atoms with E-state index < -0.39 is 11.5 Å². The molecule has 0 saturated carbocycles. The minimum atomic E-state index is -0.750. The molecule has 4 heteroatoms. The number of hydrogen-bond acceptors (Lipinski definition) is 2. The number of hydrogen-bond donors (Lipinski definition) is 0. The van der Waals surface area contributed by atoms with Gasteiger partial charge < -0.3 is 4.74 Å². The number of esters is 1. The Morgan fingerprint density at radius 3 is 2.67 bits per heavy atom. The zero-order chi connectivity index (χ0) is 7.28. The minimum Gasteiger partial charge on any atom is -0.442 e. The highest BCUT2D eigenvalue weighted by molar-refractivity contribution is 6.27. The average molecular weight is 169 g/mol. The van der Waals surface area contributed by atoms with Gasteiger partial charge in [0.2, 0.25) is 0 Å². The Kier molecular flexibility index (Phi) is 4.54. The first kappa shape index (κ1) is 8.79. The van der Waals surface area contributed by atoms with Gasteiger partial charge in [0.25, 0.3) is 0 Å². The van der Waals surface area contributed by atoms with Gasteiger partial charge in [-0.1, -0.05) is 23.2 Å². The molecule has 9 heavy (non-hydrogen) atoms. The molecule has 0 radical (unpaired) electrons. The minimum absolute atomic E-state index is 0.426. The summed E-state index contributed by atoms with van der Waals surface area (Å²) in [5.41, 5.74) is 0.445. The first-order valence-corrected chi connectivity index (χ1v) is 3.12. The van der Waals surface area contributed by atoms with Gasteiger partial charge in [0.1, 0.15) is 0 Å². The Bertz CT molecular complexity index is 122. The van der Waals surface area contributed by atoms with Crippen LogP contribution in [0.2, 0.25) is 0 Å². The van der Waals surface area contributed by atoms with Gasteiger partial charge in [0.15, 0.2) is 5.56 Å². The first-order chi connectivity index (χ1) is 4.16. The molecule has 0 aromatic carbocycles. The Morgan fingerprint density at radius 1 is 1.78 bits per heavy atom. The number of ether oxygens (including phenoxy) is 1. The standard InChI is InChI=1S/C5H6Cl2O2/c1-4(8)9-5(7)2-3-6/h2-3,5H,1H3/b3-2+. The number of carbonyl (C=O) groups is 1. The fraction of sp³-hybridized carbons (Fsp3) is 0.400. The molecule has 1 unspecified atom stereocenters. The molecule has 0 heterocycles. The Hall–Kier alpha value is -0.210. The second-order valence-corrected chi connectivity index (χ2v) is 1.96. The van der Waals surface area contributed by atoms with E-state index in [9.17, 15) is 4.79 Å². The summed E-state index contributed by atoms with van der Waals surface area (Å²) < 4.78 is 4.45. The monoisotopic (exact) mass is 168 g/mol. The van der Waals surface area contributed by atoms with E-state index in [2.05, 4.69) is 4.74 Å². The van der Waals surface area contributed by atoms with Gasteiger partial charge in [0.05, 0.1) is 0 Å². The lowest BCUT2D eigenvalue weighted by atomic mass is 10.7. The maximum Gasteiger partial charge on any atom is 0.304 e. The van der Waals surface area contributed by atoms with Gasteiger partial charge in [-0.15, -0.1) is 0 Å². The average Bonchev–Trinajstić information content (AvgIpc) is 1.63. The van der Waals surface area contributed by atoms with Crippen LogP contribution in [-0.2, 0) is 9.53 Å². The number of carbonyl (C=O) groups excluding carboxylic acids is 1. The van der Waals surface area contributed by atoms with Crippen LogP contribution in [0.15, 0.2) is 11.6 Å². The molecular formula is C5H6Cl2O2. The summed E-state index contributed by atoms with van der Waals surface area (Å²) >= 11 is 10.5. The molecule has 0 spiro atoms. The van der Waals surface area contributed by atoms with Gasteiger partial charge in [-0.05, 0) is 6.08 Å². The fourth-order valence-electron chi connectivity index (χ4n) is 0.255. The lowest BCUT2D eigenvalue weighted by Gasteiger charge is -2.01. The SMILES string of the molecule is CC(=O)OC(Cl)/C=C/Cl. The molecule has 0 saturated heterocycles. The maximum atomic E-state index is 10.1. The van der Waals surface area contributed by atoms with Crippen molar-refractivity contribution in [2.75, 3.05) is 0 Å². The Morgan fingerprint density at radius 2 is 2.33 bits per heavy atom. The van der Waals surface area contributed by atoms with Crippen molar-refractivity contribution in [1.29, 1.82) is 0 Å². The third-order valence-corrected chi connectivity index (χ3v) is 0.883. The molecule has 0 aliphatic carbocycles. The fourth-order valence-corrected chi connectivity index (χ4v) is 0.660. The van der Waals surface area contributed by atoms with Crippen LogP contribution in [0.5, 0.6) is 0 Å². The number of alkyl halides is 1. The van der Waals surface area contributed by atoms with Crippen LogP contribution in [0.3, 0.4) is 0 Å². The van der Waals surface area contributed by atoms with Gasteiger partial charge >= 0.3 is 5.97 Å². The van der Waals surface area contributed by atoms with Gasteiger partial charge in [-0.25, -0.2) is 0 Å². The predicted octanol–water partition coefficient (Wildman–Crippen LogP) is 1.87. The van der Waals surface area contributed by atoms with Gasteiger partial charge in [-0.3, -0.25) is 4.79 Å². The highest BCUT2D eigenvalue weighted by atomic mass is 35.5. The van der Waals surface area contributed by atoms with Gasteiger partial charge in [-0.2, -0.15) is 0 Å².